The highest BCUT2D eigenvalue weighted by Crippen LogP contribution is 2.28. The first-order chi connectivity index (χ1) is 12.1. The maximum Gasteiger partial charge on any atom is 0.350 e. The van der Waals surface area contributed by atoms with Crippen molar-refractivity contribution in [3.8, 4) is 17.0 Å². The summed E-state index contributed by atoms with van der Waals surface area (Å²) in [5.41, 5.74) is 1.71. The number of aromatic nitrogens is 3. The Morgan fingerprint density at radius 3 is 2.76 bits per heavy atom. The highest BCUT2D eigenvalue weighted by atomic mass is 35.5. The molecular weight excluding hydrogens is 358 g/mol. The number of aromatic hydroxyl groups is 1. The normalized spacial score (nSPS) is 13.0. The molecule has 1 aliphatic heterocycles. The van der Waals surface area contributed by atoms with E-state index < -0.39 is 0 Å². The number of pyridine rings is 1. The lowest BCUT2D eigenvalue weighted by molar-refractivity contribution is -0.734. The van der Waals surface area contributed by atoms with E-state index in [4.69, 9.17) is 11.6 Å². The Balaban J connectivity index is 1.91. The van der Waals surface area contributed by atoms with Crippen molar-refractivity contribution in [1.82, 2.24) is 9.55 Å². The molecule has 1 N–H and O–H groups in total. The molecule has 0 fully saturated rings. The van der Waals surface area contributed by atoms with Gasteiger partial charge in [-0.2, -0.15) is 9.13 Å². The highest BCUT2D eigenvalue weighted by Gasteiger charge is 2.33. The molecule has 2 aromatic heterocycles. The molecule has 3 aromatic rings. The average Bonchev–Trinajstić information content (AvgIpc) is 3.11. The molecule has 0 radical (unpaired) electrons. The van der Waals surface area contributed by atoms with E-state index >= 15 is 0 Å². The van der Waals surface area contributed by atoms with Gasteiger partial charge in [0, 0.05) is 17.5 Å². The SMILES string of the molecule is O=c1c(-c2ccccc2)c(O)[n+]2c(n1Cc1ccc(Cl)nc1)SCC2. The third kappa shape index (κ3) is 2.92. The van der Waals surface area contributed by atoms with Crippen molar-refractivity contribution in [3.63, 3.8) is 0 Å². The Morgan fingerprint density at radius 1 is 1.24 bits per heavy atom. The van der Waals surface area contributed by atoms with Crippen LogP contribution in [-0.4, -0.2) is 20.4 Å². The number of nitrogens with zero attached hydrogens (tertiary/aromatic N) is 3. The lowest BCUT2D eigenvalue weighted by atomic mass is 10.1. The second-order valence-corrected chi connectivity index (χ2v) is 7.18. The summed E-state index contributed by atoms with van der Waals surface area (Å²) >= 11 is 7.41. The van der Waals surface area contributed by atoms with Crippen LogP contribution in [-0.2, 0) is 13.1 Å². The van der Waals surface area contributed by atoms with Crippen molar-refractivity contribution in [2.45, 2.75) is 18.2 Å². The minimum absolute atomic E-state index is 0.0293. The van der Waals surface area contributed by atoms with Gasteiger partial charge in [-0.1, -0.05) is 48.0 Å². The van der Waals surface area contributed by atoms with Gasteiger partial charge in [-0.15, -0.1) is 0 Å². The van der Waals surface area contributed by atoms with Gasteiger partial charge in [0.2, 0.25) is 0 Å². The molecule has 0 unspecified atom stereocenters. The van der Waals surface area contributed by atoms with E-state index in [0.29, 0.717) is 29.4 Å². The smallest absolute Gasteiger partial charge is 0.350 e. The Kier molecular flexibility index (Phi) is 4.23. The monoisotopic (exact) mass is 372 g/mol. The summed E-state index contributed by atoms with van der Waals surface area (Å²) in [6.45, 7) is 1.05. The number of halogens is 1. The molecule has 0 saturated heterocycles. The molecule has 25 heavy (non-hydrogen) atoms. The van der Waals surface area contributed by atoms with E-state index in [9.17, 15) is 9.90 Å². The third-order valence-corrected chi connectivity index (χ3v) is 5.45. The third-order valence-electron chi connectivity index (χ3n) is 4.14. The molecule has 0 saturated carbocycles. The topological polar surface area (TPSA) is 59.0 Å². The van der Waals surface area contributed by atoms with Crippen molar-refractivity contribution >= 4 is 23.4 Å². The zero-order chi connectivity index (χ0) is 17.4. The Bertz CT molecular complexity index is 988. The maximum atomic E-state index is 13.2. The first-order valence-corrected chi connectivity index (χ1v) is 9.20. The van der Waals surface area contributed by atoms with Crippen LogP contribution in [0.5, 0.6) is 5.88 Å². The van der Waals surface area contributed by atoms with E-state index in [1.165, 1.54) is 0 Å². The van der Waals surface area contributed by atoms with E-state index in [-0.39, 0.29) is 11.4 Å². The summed E-state index contributed by atoms with van der Waals surface area (Å²) in [5, 5.41) is 11.9. The summed E-state index contributed by atoms with van der Waals surface area (Å²) in [7, 11) is 0. The predicted molar refractivity (Wildman–Crippen MR) is 97.1 cm³/mol. The maximum absolute atomic E-state index is 13.2. The summed E-state index contributed by atoms with van der Waals surface area (Å²) < 4.78 is 3.50. The lowest BCUT2D eigenvalue weighted by Gasteiger charge is -2.10. The van der Waals surface area contributed by atoms with Crippen LogP contribution in [0.3, 0.4) is 0 Å². The van der Waals surface area contributed by atoms with Gasteiger partial charge < -0.3 is 5.11 Å². The van der Waals surface area contributed by atoms with Crippen LogP contribution in [0.25, 0.3) is 11.1 Å². The van der Waals surface area contributed by atoms with Crippen molar-refractivity contribution in [3.05, 3.63) is 69.7 Å². The Labute approximate surface area is 153 Å². The van der Waals surface area contributed by atoms with Crippen LogP contribution in [0.15, 0.2) is 58.6 Å². The fourth-order valence-corrected chi connectivity index (χ4v) is 4.16. The van der Waals surface area contributed by atoms with Gasteiger partial charge in [0.05, 0.1) is 0 Å². The van der Waals surface area contributed by atoms with E-state index in [1.807, 2.05) is 36.4 Å². The van der Waals surface area contributed by atoms with Gasteiger partial charge in [-0.25, -0.2) is 9.78 Å². The Morgan fingerprint density at radius 2 is 2.04 bits per heavy atom. The van der Waals surface area contributed by atoms with Crippen LogP contribution in [0.4, 0.5) is 0 Å². The van der Waals surface area contributed by atoms with Crippen LogP contribution < -0.4 is 10.1 Å². The zero-order valence-electron chi connectivity index (χ0n) is 13.2. The summed E-state index contributed by atoms with van der Waals surface area (Å²) in [6, 6.07) is 12.8. The van der Waals surface area contributed by atoms with Crippen molar-refractivity contribution < 1.29 is 9.67 Å². The fourth-order valence-electron chi connectivity index (χ4n) is 2.95. The molecule has 5 nitrogen and oxygen atoms in total. The van der Waals surface area contributed by atoms with Gasteiger partial charge in [-0.05, 0) is 23.4 Å². The summed E-state index contributed by atoms with van der Waals surface area (Å²) in [5.74, 6) is 0.853. The van der Waals surface area contributed by atoms with Crippen LogP contribution in [0.2, 0.25) is 5.15 Å². The average molecular weight is 373 g/mol. The first kappa shape index (κ1) is 16.2. The highest BCUT2D eigenvalue weighted by molar-refractivity contribution is 7.99. The number of thioether (sulfide) groups is 1. The van der Waals surface area contributed by atoms with Gasteiger partial charge >= 0.3 is 10.7 Å². The second-order valence-electron chi connectivity index (χ2n) is 5.73. The summed E-state index contributed by atoms with van der Waals surface area (Å²) in [6.07, 6.45) is 1.67. The molecule has 0 spiro atoms. The molecule has 0 bridgehead atoms. The molecule has 3 heterocycles. The predicted octanol–water partition coefficient (Wildman–Crippen LogP) is 2.71. The van der Waals surface area contributed by atoms with Crippen LogP contribution >= 0.6 is 23.4 Å². The largest absolute Gasteiger partial charge is 0.477 e. The van der Waals surface area contributed by atoms with Gasteiger partial charge in [0.15, 0.2) is 5.56 Å². The molecule has 7 heteroatoms. The molecule has 0 amide bonds. The molecule has 1 aliphatic rings. The van der Waals surface area contributed by atoms with Crippen LogP contribution in [0.1, 0.15) is 5.56 Å². The lowest BCUT2D eigenvalue weighted by Crippen LogP contribution is -2.42. The fraction of sp³-hybridized carbons (Fsp3) is 0.167. The molecule has 0 atom stereocenters. The van der Waals surface area contributed by atoms with Crippen LogP contribution in [0, 0.1) is 0 Å². The van der Waals surface area contributed by atoms with E-state index in [0.717, 1.165) is 16.5 Å². The molecule has 126 valence electrons. The zero-order valence-corrected chi connectivity index (χ0v) is 14.8. The minimum atomic E-state index is -0.209. The van der Waals surface area contributed by atoms with Gasteiger partial charge in [0.25, 0.3) is 5.88 Å². The molecular formula is C18H15ClN3O2S+. The number of hydrogen-bond donors (Lipinski definition) is 1. The molecule has 4 rings (SSSR count). The Hall–Kier alpha value is -2.31. The number of benzene rings is 1. The number of hydrogen-bond acceptors (Lipinski definition) is 4. The summed E-state index contributed by atoms with van der Waals surface area (Å²) in [4.78, 5) is 17.2. The standard InChI is InChI=1S/C18H14ClN3O2S/c19-14-7-6-12(10-20-14)11-22-17(24)15(13-4-2-1-3-5-13)16(23)21-8-9-25-18(21)22/h1-7,10H,8-9,11H2/p+1. The van der Waals surface area contributed by atoms with Crippen molar-refractivity contribution in [2.24, 2.45) is 0 Å². The van der Waals surface area contributed by atoms with E-state index in [1.54, 1.807) is 33.2 Å². The molecule has 0 aliphatic carbocycles. The molecule has 1 aromatic carbocycles. The second kappa shape index (κ2) is 6.54. The number of fused-ring (bicyclic) bond motifs is 1. The first-order valence-electron chi connectivity index (χ1n) is 7.83. The minimum Gasteiger partial charge on any atom is -0.477 e. The van der Waals surface area contributed by atoms with Gasteiger partial charge in [-0.3, -0.25) is 0 Å². The van der Waals surface area contributed by atoms with Gasteiger partial charge in [0.1, 0.15) is 18.2 Å². The van der Waals surface area contributed by atoms with Crippen molar-refractivity contribution in [1.29, 1.82) is 0 Å². The van der Waals surface area contributed by atoms with Crippen molar-refractivity contribution in [2.75, 3.05) is 5.75 Å². The quantitative estimate of drug-likeness (QED) is 0.436. The number of rotatable bonds is 3. The van der Waals surface area contributed by atoms with E-state index in [2.05, 4.69) is 4.98 Å².